The van der Waals surface area contributed by atoms with Crippen LogP contribution in [0.2, 0.25) is 10.0 Å². The largest absolute Gasteiger partial charge is 0.443 e. The van der Waals surface area contributed by atoms with E-state index < -0.39 is 0 Å². The molecule has 0 saturated carbocycles. The van der Waals surface area contributed by atoms with Gasteiger partial charge in [-0.15, -0.1) is 0 Å². The highest BCUT2D eigenvalue weighted by Gasteiger charge is 2.10. The quantitative estimate of drug-likeness (QED) is 0.676. The molecule has 0 aliphatic heterocycles. The highest BCUT2D eigenvalue weighted by atomic mass is 79.9. The van der Waals surface area contributed by atoms with Gasteiger partial charge in [-0.2, -0.15) is 0 Å². The molecule has 0 unspecified atom stereocenters. The van der Waals surface area contributed by atoms with Crippen molar-refractivity contribution in [1.29, 1.82) is 0 Å². The summed E-state index contributed by atoms with van der Waals surface area (Å²) in [6.45, 7) is 0. The summed E-state index contributed by atoms with van der Waals surface area (Å²) in [4.78, 5) is 3.93. The second-order valence-electron chi connectivity index (χ2n) is 2.19. The summed E-state index contributed by atoms with van der Waals surface area (Å²) in [7, 11) is 0. The Bertz CT molecular complexity index is 440. The second kappa shape index (κ2) is 2.91. The van der Waals surface area contributed by atoms with Crippen LogP contribution in [-0.4, -0.2) is 4.98 Å². The van der Waals surface area contributed by atoms with E-state index in [1.54, 1.807) is 6.07 Å². The Labute approximate surface area is 86.6 Å². The number of benzene rings is 1. The monoisotopic (exact) mass is 265 g/mol. The Hall–Kier alpha value is -0.250. The molecule has 2 rings (SSSR count). The Kier molecular flexibility index (Phi) is 2.02. The number of aromatic nitrogens is 1. The summed E-state index contributed by atoms with van der Waals surface area (Å²) in [5.74, 6) is 0. The summed E-state index contributed by atoms with van der Waals surface area (Å²) < 4.78 is 5.68. The van der Waals surface area contributed by atoms with Crippen molar-refractivity contribution in [1.82, 2.24) is 4.98 Å². The molecule has 0 amide bonds. The van der Waals surface area contributed by atoms with Gasteiger partial charge in [-0.25, -0.2) is 4.98 Å². The molecule has 1 aromatic heterocycles. The summed E-state index contributed by atoms with van der Waals surface area (Å²) in [6.07, 6.45) is 1.33. The summed E-state index contributed by atoms with van der Waals surface area (Å²) >= 11 is 15.0. The van der Waals surface area contributed by atoms with Crippen molar-refractivity contribution in [2.45, 2.75) is 0 Å². The van der Waals surface area contributed by atoms with Crippen LogP contribution < -0.4 is 0 Å². The van der Waals surface area contributed by atoms with Crippen LogP contribution in [0.15, 0.2) is 21.3 Å². The minimum Gasteiger partial charge on any atom is -0.443 e. The third-order valence-electron chi connectivity index (χ3n) is 1.46. The van der Waals surface area contributed by atoms with Gasteiger partial charge in [0.1, 0.15) is 5.52 Å². The van der Waals surface area contributed by atoms with E-state index in [1.165, 1.54) is 6.39 Å². The summed E-state index contributed by atoms with van der Waals surface area (Å²) in [6, 6.07) is 1.67. The molecule has 62 valence electrons. The van der Waals surface area contributed by atoms with E-state index >= 15 is 0 Å². The smallest absolute Gasteiger partial charge is 0.182 e. The van der Waals surface area contributed by atoms with Gasteiger partial charge in [-0.05, 0) is 15.9 Å². The van der Waals surface area contributed by atoms with E-state index in [2.05, 4.69) is 20.9 Å². The Balaban J connectivity index is 2.94. The van der Waals surface area contributed by atoms with Crippen molar-refractivity contribution in [2.75, 3.05) is 0 Å². The van der Waals surface area contributed by atoms with Crippen LogP contribution in [0, 0.1) is 0 Å². The van der Waals surface area contributed by atoms with Gasteiger partial charge in [-0.3, -0.25) is 0 Å². The number of oxazole rings is 1. The molecule has 0 spiro atoms. The van der Waals surface area contributed by atoms with Crippen LogP contribution in [0.25, 0.3) is 11.1 Å². The van der Waals surface area contributed by atoms with Crippen molar-refractivity contribution in [3.8, 4) is 0 Å². The van der Waals surface area contributed by atoms with E-state index in [9.17, 15) is 0 Å². The van der Waals surface area contributed by atoms with E-state index in [0.29, 0.717) is 25.6 Å². The van der Waals surface area contributed by atoms with Gasteiger partial charge in [0.25, 0.3) is 0 Å². The Morgan fingerprint density at radius 1 is 1.42 bits per heavy atom. The predicted molar refractivity (Wildman–Crippen MR) is 51.7 cm³/mol. The van der Waals surface area contributed by atoms with Gasteiger partial charge in [0.15, 0.2) is 12.0 Å². The van der Waals surface area contributed by atoms with E-state index in [-0.39, 0.29) is 0 Å². The van der Waals surface area contributed by atoms with Crippen molar-refractivity contribution in [3.63, 3.8) is 0 Å². The highest BCUT2D eigenvalue weighted by Crippen LogP contribution is 2.36. The maximum absolute atomic E-state index is 5.92. The first-order chi connectivity index (χ1) is 5.70. The van der Waals surface area contributed by atoms with Crippen LogP contribution >= 0.6 is 39.1 Å². The second-order valence-corrected chi connectivity index (χ2v) is 3.76. The number of rotatable bonds is 0. The number of fused-ring (bicyclic) bond motifs is 1. The van der Waals surface area contributed by atoms with Gasteiger partial charge < -0.3 is 4.42 Å². The zero-order valence-electron chi connectivity index (χ0n) is 5.64. The van der Waals surface area contributed by atoms with Crippen LogP contribution in [0.5, 0.6) is 0 Å². The molecule has 0 aliphatic rings. The minimum atomic E-state index is 0.478. The molecule has 12 heavy (non-hydrogen) atoms. The molecule has 1 heterocycles. The fourth-order valence-corrected chi connectivity index (χ4v) is 1.70. The van der Waals surface area contributed by atoms with Crippen molar-refractivity contribution < 1.29 is 4.42 Å². The zero-order valence-corrected chi connectivity index (χ0v) is 8.74. The van der Waals surface area contributed by atoms with E-state index in [1.807, 2.05) is 0 Å². The predicted octanol–water partition coefficient (Wildman–Crippen LogP) is 3.90. The fraction of sp³-hybridized carbons (Fsp3) is 0. The van der Waals surface area contributed by atoms with E-state index in [4.69, 9.17) is 27.6 Å². The van der Waals surface area contributed by atoms with E-state index in [0.717, 1.165) is 0 Å². The molecule has 0 N–H and O–H groups in total. The Morgan fingerprint density at radius 3 is 2.92 bits per heavy atom. The van der Waals surface area contributed by atoms with Gasteiger partial charge in [0.05, 0.1) is 14.5 Å². The molecule has 0 saturated heterocycles. The first-order valence-electron chi connectivity index (χ1n) is 3.07. The summed E-state index contributed by atoms with van der Waals surface area (Å²) in [5.41, 5.74) is 1.21. The fourth-order valence-electron chi connectivity index (χ4n) is 0.910. The topological polar surface area (TPSA) is 26.0 Å². The van der Waals surface area contributed by atoms with Crippen LogP contribution in [-0.2, 0) is 0 Å². The molecule has 2 nitrogen and oxygen atoms in total. The molecule has 0 aliphatic carbocycles. The minimum absolute atomic E-state index is 0.478. The number of hydrogen-bond donors (Lipinski definition) is 0. The molecule has 0 atom stereocenters. The first kappa shape index (κ1) is 8.35. The van der Waals surface area contributed by atoms with Gasteiger partial charge in [-0.1, -0.05) is 23.2 Å². The van der Waals surface area contributed by atoms with Gasteiger partial charge in [0.2, 0.25) is 0 Å². The molecule has 5 heteroatoms. The lowest BCUT2D eigenvalue weighted by atomic mass is 10.3. The third kappa shape index (κ3) is 1.13. The molecule has 0 radical (unpaired) electrons. The molecule has 1 aromatic carbocycles. The van der Waals surface area contributed by atoms with Crippen LogP contribution in [0.1, 0.15) is 0 Å². The maximum atomic E-state index is 5.92. The normalized spacial score (nSPS) is 10.9. The average Bonchev–Trinajstić information content (AvgIpc) is 2.48. The molecule has 2 aromatic rings. The number of hydrogen-bond acceptors (Lipinski definition) is 2. The third-order valence-corrected chi connectivity index (χ3v) is 3.41. The van der Waals surface area contributed by atoms with Crippen molar-refractivity contribution in [3.05, 3.63) is 27.0 Å². The van der Waals surface area contributed by atoms with Gasteiger partial charge >= 0.3 is 0 Å². The van der Waals surface area contributed by atoms with Crippen LogP contribution in [0.3, 0.4) is 0 Å². The summed E-state index contributed by atoms with van der Waals surface area (Å²) in [5, 5.41) is 0.996. The molecule has 0 fully saturated rings. The molecular weight excluding hydrogens is 265 g/mol. The first-order valence-corrected chi connectivity index (χ1v) is 4.61. The lowest BCUT2D eigenvalue weighted by molar-refractivity contribution is 0.602. The van der Waals surface area contributed by atoms with Crippen molar-refractivity contribution >= 4 is 50.2 Å². The van der Waals surface area contributed by atoms with Gasteiger partial charge in [0, 0.05) is 6.07 Å². The SMILES string of the molecule is Clc1cc2ocnc2c(Cl)c1Br. The van der Waals surface area contributed by atoms with Crippen molar-refractivity contribution in [2.24, 2.45) is 0 Å². The molecular formula is C7H2BrCl2NO. The lowest BCUT2D eigenvalue weighted by Crippen LogP contribution is -1.75. The number of halogens is 3. The van der Waals surface area contributed by atoms with Crippen LogP contribution in [0.4, 0.5) is 0 Å². The lowest BCUT2D eigenvalue weighted by Gasteiger charge is -1.97. The average molecular weight is 267 g/mol. The highest BCUT2D eigenvalue weighted by molar-refractivity contribution is 9.10. The zero-order chi connectivity index (χ0) is 8.72. The standard InChI is InChI=1S/C7H2BrCl2NO/c8-5-3(9)1-4-7(6(5)10)11-2-12-4/h1-2H. The maximum Gasteiger partial charge on any atom is 0.182 e. The Morgan fingerprint density at radius 2 is 2.17 bits per heavy atom. The molecule has 0 bridgehead atoms. The number of nitrogens with zero attached hydrogens (tertiary/aromatic N) is 1.